The number of anilines is 1. The van der Waals surface area contributed by atoms with Gasteiger partial charge in [0, 0.05) is 23.7 Å². The lowest BCUT2D eigenvalue weighted by Gasteiger charge is -2.33. The summed E-state index contributed by atoms with van der Waals surface area (Å²) in [5, 5.41) is 14.6. The number of carbonyl (C=O) groups is 1. The number of hydrogen-bond acceptors (Lipinski definition) is 5. The van der Waals surface area contributed by atoms with E-state index in [9.17, 15) is 18.3 Å². The Hall–Kier alpha value is -2.59. The van der Waals surface area contributed by atoms with Crippen molar-refractivity contribution in [2.45, 2.75) is 57.7 Å². The van der Waals surface area contributed by atoms with Crippen LogP contribution >= 0.6 is 11.6 Å². The van der Waals surface area contributed by atoms with E-state index in [1.54, 1.807) is 17.1 Å². The van der Waals surface area contributed by atoms with Crippen LogP contribution in [0.5, 0.6) is 0 Å². The first-order chi connectivity index (χ1) is 15.6. The fraction of sp³-hybridized carbons (Fsp3) is 0.500. The number of rotatable bonds is 4. The highest BCUT2D eigenvalue weighted by atomic mass is 35.5. The van der Waals surface area contributed by atoms with Crippen LogP contribution in [0.15, 0.2) is 24.5 Å². The van der Waals surface area contributed by atoms with Crippen molar-refractivity contribution in [2.24, 2.45) is 0 Å². The molecule has 1 aromatic carbocycles. The molecule has 1 fully saturated rings. The quantitative estimate of drug-likeness (QED) is 0.593. The van der Waals surface area contributed by atoms with Crippen molar-refractivity contribution in [2.75, 3.05) is 16.4 Å². The maximum absolute atomic E-state index is 12.3. The van der Waals surface area contributed by atoms with E-state index in [2.05, 4.69) is 9.67 Å². The lowest BCUT2D eigenvalue weighted by atomic mass is 9.95. The molecule has 2 aliphatic rings. The van der Waals surface area contributed by atoms with Crippen LogP contribution in [0.4, 0.5) is 10.5 Å². The highest BCUT2D eigenvalue weighted by Crippen LogP contribution is 2.39. The molecule has 3 atom stereocenters. The van der Waals surface area contributed by atoms with Gasteiger partial charge >= 0.3 is 6.09 Å². The van der Waals surface area contributed by atoms with Gasteiger partial charge in [0.05, 0.1) is 52.0 Å². The topological polar surface area (TPSA) is 110 Å². The summed E-state index contributed by atoms with van der Waals surface area (Å²) in [6, 6.07) is 3.42. The van der Waals surface area contributed by atoms with E-state index < -0.39 is 15.9 Å². The van der Waals surface area contributed by atoms with Crippen LogP contribution in [0, 0.1) is 0 Å². The molecule has 0 bridgehead atoms. The van der Waals surface area contributed by atoms with Gasteiger partial charge in [0.2, 0.25) is 0 Å². The molecule has 9 nitrogen and oxygen atoms in total. The summed E-state index contributed by atoms with van der Waals surface area (Å²) in [6.07, 6.45) is 4.32. The Labute approximate surface area is 196 Å². The number of aromatic nitrogens is 4. The van der Waals surface area contributed by atoms with E-state index in [1.165, 1.54) is 4.90 Å². The second-order valence-electron chi connectivity index (χ2n) is 9.15. The lowest BCUT2D eigenvalue weighted by molar-refractivity contribution is 0.198. The summed E-state index contributed by atoms with van der Waals surface area (Å²) in [6.45, 7) is 4.48. The zero-order chi connectivity index (χ0) is 23.5. The van der Waals surface area contributed by atoms with Crippen LogP contribution in [0.2, 0.25) is 5.02 Å². The minimum Gasteiger partial charge on any atom is -0.465 e. The van der Waals surface area contributed by atoms with E-state index in [4.69, 9.17) is 16.6 Å². The number of amides is 1. The third-order valence-electron chi connectivity index (χ3n) is 6.76. The predicted octanol–water partition coefficient (Wildman–Crippen LogP) is 3.87. The van der Waals surface area contributed by atoms with Gasteiger partial charge in [-0.2, -0.15) is 5.10 Å². The van der Waals surface area contributed by atoms with Crippen LogP contribution in [0.3, 0.4) is 0 Å². The summed E-state index contributed by atoms with van der Waals surface area (Å²) < 4.78 is 28.4. The minimum atomic E-state index is -3.10. The first-order valence-electron chi connectivity index (χ1n) is 11.1. The van der Waals surface area contributed by atoms with Gasteiger partial charge < -0.3 is 9.67 Å². The summed E-state index contributed by atoms with van der Waals surface area (Å²) in [4.78, 5) is 18.4. The monoisotopic (exact) mass is 491 g/mol. The summed E-state index contributed by atoms with van der Waals surface area (Å²) >= 11 is 6.03. The molecule has 0 radical (unpaired) electrons. The summed E-state index contributed by atoms with van der Waals surface area (Å²) in [7, 11) is -3.10. The van der Waals surface area contributed by atoms with Gasteiger partial charge in [-0.3, -0.25) is 9.58 Å². The van der Waals surface area contributed by atoms with Crippen molar-refractivity contribution >= 4 is 44.3 Å². The van der Waals surface area contributed by atoms with Crippen molar-refractivity contribution in [3.63, 3.8) is 0 Å². The van der Waals surface area contributed by atoms with E-state index in [0.717, 1.165) is 28.8 Å². The van der Waals surface area contributed by atoms with Gasteiger partial charge in [-0.15, -0.1) is 0 Å². The molecule has 1 N–H and O–H groups in total. The third kappa shape index (κ3) is 3.89. The van der Waals surface area contributed by atoms with Crippen LogP contribution < -0.4 is 4.90 Å². The van der Waals surface area contributed by atoms with Gasteiger partial charge in [0.1, 0.15) is 5.82 Å². The molecule has 176 valence electrons. The smallest absolute Gasteiger partial charge is 0.412 e. The molecule has 0 aliphatic carbocycles. The van der Waals surface area contributed by atoms with Crippen LogP contribution in [-0.4, -0.2) is 56.5 Å². The van der Waals surface area contributed by atoms with Gasteiger partial charge in [-0.1, -0.05) is 18.5 Å². The summed E-state index contributed by atoms with van der Waals surface area (Å²) in [5.74, 6) is 0.967. The number of aryl methyl sites for hydroxylation is 1. The molecule has 0 unspecified atom stereocenters. The number of fused-ring (bicyclic) bond motifs is 3. The van der Waals surface area contributed by atoms with Crippen molar-refractivity contribution < 1.29 is 18.3 Å². The van der Waals surface area contributed by atoms with Crippen LogP contribution in [-0.2, 0) is 22.8 Å². The van der Waals surface area contributed by atoms with Gasteiger partial charge in [-0.05, 0) is 38.3 Å². The molecule has 3 aromatic rings. The zero-order valence-electron chi connectivity index (χ0n) is 18.5. The van der Waals surface area contributed by atoms with E-state index in [0.29, 0.717) is 30.1 Å². The Morgan fingerprint density at radius 3 is 2.76 bits per heavy atom. The number of halogens is 1. The molecule has 0 spiro atoms. The molecule has 1 saturated heterocycles. The minimum absolute atomic E-state index is 0.0644. The third-order valence-corrected chi connectivity index (χ3v) is 8.71. The second-order valence-corrected chi connectivity index (χ2v) is 11.8. The molecular formula is C22H26ClN5O4S. The fourth-order valence-electron chi connectivity index (χ4n) is 5.22. The zero-order valence-corrected chi connectivity index (χ0v) is 20.1. The first-order valence-corrected chi connectivity index (χ1v) is 13.3. The number of imidazole rings is 1. The largest absolute Gasteiger partial charge is 0.465 e. The Balaban J connectivity index is 1.66. The average molecular weight is 492 g/mol. The molecule has 2 aromatic heterocycles. The van der Waals surface area contributed by atoms with Crippen molar-refractivity contribution in [3.8, 4) is 0 Å². The van der Waals surface area contributed by atoms with Crippen molar-refractivity contribution in [3.05, 3.63) is 40.9 Å². The molecule has 11 heteroatoms. The number of hydrogen-bond donors (Lipinski definition) is 1. The van der Waals surface area contributed by atoms with Crippen molar-refractivity contribution in [1.82, 2.24) is 19.3 Å². The van der Waals surface area contributed by atoms with E-state index >= 15 is 0 Å². The maximum atomic E-state index is 12.3. The molecule has 1 amide bonds. The SMILES string of the molecule is C[C@H](Cn1cc(Cl)cn1)c1nc2c3c(ccc2n1[C@H]1CCS(=O)(=O)C1)N(C(=O)O)[C@@H](C)CC3. The molecule has 5 rings (SSSR count). The number of benzene rings is 1. The predicted molar refractivity (Wildman–Crippen MR) is 126 cm³/mol. The molecular weight excluding hydrogens is 466 g/mol. The lowest BCUT2D eigenvalue weighted by Crippen LogP contribution is -2.41. The van der Waals surface area contributed by atoms with Crippen LogP contribution in [0.1, 0.15) is 50.0 Å². The fourth-order valence-corrected chi connectivity index (χ4v) is 7.07. The summed E-state index contributed by atoms with van der Waals surface area (Å²) in [5.41, 5.74) is 3.19. The number of nitrogens with zero attached hydrogens (tertiary/aromatic N) is 5. The van der Waals surface area contributed by atoms with Crippen LogP contribution in [0.25, 0.3) is 11.0 Å². The molecule has 4 heterocycles. The Kier molecular flexibility index (Phi) is 5.40. The van der Waals surface area contributed by atoms with E-state index in [1.807, 2.05) is 26.0 Å². The Bertz CT molecular complexity index is 1350. The highest BCUT2D eigenvalue weighted by Gasteiger charge is 2.35. The Morgan fingerprint density at radius 2 is 2.12 bits per heavy atom. The molecule has 33 heavy (non-hydrogen) atoms. The maximum Gasteiger partial charge on any atom is 0.412 e. The second kappa shape index (κ2) is 8.02. The number of sulfone groups is 1. The van der Waals surface area contributed by atoms with E-state index in [-0.39, 0.29) is 29.5 Å². The normalized spacial score (nSPS) is 23.1. The molecule has 2 aliphatic heterocycles. The number of carboxylic acid groups (broad SMARTS) is 1. The average Bonchev–Trinajstić information content (AvgIpc) is 3.43. The standard InChI is InChI=1S/C22H26ClN5O4S/c1-13(10-26-11-15(23)9-24-26)21-25-20-17-4-3-14(2)27(22(29)30)18(17)5-6-19(20)28(21)16-7-8-33(31,32)12-16/h5-6,9,11,13-14,16H,3-4,7-8,10,12H2,1-2H3,(H,29,30)/t13-,14+,16+/m1/s1. The van der Waals surface area contributed by atoms with Gasteiger partial charge in [0.15, 0.2) is 9.84 Å². The van der Waals surface area contributed by atoms with Gasteiger partial charge in [0.25, 0.3) is 0 Å². The highest BCUT2D eigenvalue weighted by molar-refractivity contribution is 7.91. The molecule has 0 saturated carbocycles. The van der Waals surface area contributed by atoms with Gasteiger partial charge in [-0.25, -0.2) is 18.2 Å². The Morgan fingerprint density at radius 1 is 1.33 bits per heavy atom. The van der Waals surface area contributed by atoms with Crippen molar-refractivity contribution in [1.29, 1.82) is 0 Å². The first kappa shape index (κ1) is 22.2.